The first-order valence-corrected chi connectivity index (χ1v) is 4.64. The van der Waals surface area contributed by atoms with Crippen LogP contribution in [0.2, 0.25) is 0 Å². The number of hydrogen-bond acceptors (Lipinski definition) is 1. The number of hydrogen-bond donors (Lipinski definition) is 1. The summed E-state index contributed by atoms with van der Waals surface area (Å²) in [4.78, 5) is 0. The fourth-order valence-corrected chi connectivity index (χ4v) is 2.36. The van der Waals surface area contributed by atoms with E-state index in [2.05, 4.69) is 27.7 Å². The van der Waals surface area contributed by atoms with Gasteiger partial charge in [0.05, 0.1) is 0 Å². The van der Waals surface area contributed by atoms with E-state index in [9.17, 15) is 0 Å². The van der Waals surface area contributed by atoms with Crippen LogP contribution in [0.3, 0.4) is 0 Å². The lowest BCUT2D eigenvalue weighted by atomic mass is 9.87. The molecular formula is C10H21N. The van der Waals surface area contributed by atoms with Crippen LogP contribution in [0.25, 0.3) is 0 Å². The third kappa shape index (κ3) is 1.44. The molecule has 1 fully saturated rings. The van der Waals surface area contributed by atoms with Gasteiger partial charge < -0.3 is 5.73 Å². The van der Waals surface area contributed by atoms with Crippen LogP contribution in [0.1, 0.15) is 40.5 Å². The second kappa shape index (κ2) is 2.48. The van der Waals surface area contributed by atoms with Gasteiger partial charge in [-0.3, -0.25) is 0 Å². The van der Waals surface area contributed by atoms with Crippen LogP contribution in [0, 0.1) is 16.7 Å². The Kier molecular flexibility index (Phi) is 2.04. The summed E-state index contributed by atoms with van der Waals surface area (Å²) in [5, 5.41) is 0. The molecular weight excluding hydrogens is 134 g/mol. The summed E-state index contributed by atoms with van der Waals surface area (Å²) in [5.41, 5.74) is 6.80. The van der Waals surface area contributed by atoms with E-state index < -0.39 is 0 Å². The van der Waals surface area contributed by atoms with Gasteiger partial charge in [-0.05, 0) is 36.1 Å². The van der Waals surface area contributed by atoms with Gasteiger partial charge in [-0.15, -0.1) is 0 Å². The Balaban J connectivity index is 2.53. The quantitative estimate of drug-likeness (QED) is 0.665. The minimum atomic E-state index is 0.487. The highest BCUT2D eigenvalue weighted by Gasteiger charge is 2.59. The van der Waals surface area contributed by atoms with Crippen LogP contribution in [0.15, 0.2) is 0 Å². The lowest BCUT2D eigenvalue weighted by Crippen LogP contribution is -2.22. The Morgan fingerprint density at radius 1 is 1.36 bits per heavy atom. The molecule has 0 aromatic heterocycles. The third-order valence-corrected chi connectivity index (χ3v) is 3.28. The van der Waals surface area contributed by atoms with Crippen molar-refractivity contribution in [2.75, 3.05) is 6.54 Å². The largest absolute Gasteiger partial charge is 0.330 e. The zero-order valence-corrected chi connectivity index (χ0v) is 8.28. The monoisotopic (exact) mass is 155 g/mol. The minimum Gasteiger partial charge on any atom is -0.330 e. The second-order valence-electron chi connectivity index (χ2n) is 5.14. The topological polar surface area (TPSA) is 26.0 Å². The first-order valence-electron chi connectivity index (χ1n) is 4.64. The molecule has 0 heterocycles. The third-order valence-electron chi connectivity index (χ3n) is 3.28. The van der Waals surface area contributed by atoms with Crippen molar-refractivity contribution < 1.29 is 0 Å². The highest BCUT2D eigenvalue weighted by atomic mass is 14.7. The van der Waals surface area contributed by atoms with Crippen LogP contribution in [-0.2, 0) is 0 Å². The summed E-state index contributed by atoms with van der Waals surface area (Å²) in [7, 11) is 0. The van der Waals surface area contributed by atoms with Crippen molar-refractivity contribution in [2.45, 2.75) is 40.5 Å². The van der Waals surface area contributed by atoms with Gasteiger partial charge in [-0.2, -0.15) is 0 Å². The first-order chi connectivity index (χ1) is 4.93. The number of rotatable bonds is 3. The predicted octanol–water partition coefficient (Wildman–Crippen LogP) is 2.41. The minimum absolute atomic E-state index is 0.487. The van der Waals surface area contributed by atoms with Crippen LogP contribution >= 0.6 is 0 Å². The molecule has 0 aliphatic heterocycles. The lowest BCUT2D eigenvalue weighted by molar-refractivity contribution is 0.319. The van der Waals surface area contributed by atoms with E-state index in [0.29, 0.717) is 10.8 Å². The summed E-state index contributed by atoms with van der Waals surface area (Å²) in [6.07, 6.45) is 2.63. The van der Waals surface area contributed by atoms with E-state index in [4.69, 9.17) is 5.73 Å². The van der Waals surface area contributed by atoms with E-state index in [1.807, 2.05) is 0 Å². The highest BCUT2D eigenvalue weighted by molar-refractivity contribution is 5.10. The molecule has 1 aliphatic carbocycles. The summed E-state index contributed by atoms with van der Waals surface area (Å²) in [6, 6.07) is 0. The summed E-state index contributed by atoms with van der Waals surface area (Å²) < 4.78 is 0. The van der Waals surface area contributed by atoms with Gasteiger partial charge in [-0.1, -0.05) is 27.7 Å². The van der Waals surface area contributed by atoms with Gasteiger partial charge in [0, 0.05) is 0 Å². The summed E-state index contributed by atoms with van der Waals surface area (Å²) in [5.74, 6) is 0.792. The van der Waals surface area contributed by atoms with Gasteiger partial charge >= 0.3 is 0 Å². The Hall–Kier alpha value is -0.0400. The highest BCUT2D eigenvalue weighted by Crippen LogP contribution is 2.65. The standard InChI is InChI=1S/C10H21N/c1-8(2)5-10(7-11)6-9(10,3)4/h8H,5-7,11H2,1-4H3. The smallest absolute Gasteiger partial charge is 0.00151 e. The van der Waals surface area contributed by atoms with Crippen molar-refractivity contribution in [1.82, 2.24) is 0 Å². The van der Waals surface area contributed by atoms with E-state index in [0.717, 1.165) is 12.5 Å². The van der Waals surface area contributed by atoms with Crippen molar-refractivity contribution in [3.8, 4) is 0 Å². The van der Waals surface area contributed by atoms with Gasteiger partial charge in [0.1, 0.15) is 0 Å². The Bertz CT molecular complexity index is 149. The fraction of sp³-hybridized carbons (Fsp3) is 1.00. The summed E-state index contributed by atoms with van der Waals surface area (Å²) >= 11 is 0. The maximum absolute atomic E-state index is 5.79. The molecule has 1 heteroatoms. The van der Waals surface area contributed by atoms with Gasteiger partial charge in [-0.25, -0.2) is 0 Å². The molecule has 0 radical (unpaired) electrons. The molecule has 2 N–H and O–H groups in total. The van der Waals surface area contributed by atoms with Crippen molar-refractivity contribution in [2.24, 2.45) is 22.5 Å². The molecule has 1 rings (SSSR count). The fourth-order valence-electron chi connectivity index (χ4n) is 2.36. The number of nitrogens with two attached hydrogens (primary N) is 1. The molecule has 1 saturated carbocycles. The first kappa shape index (κ1) is 9.05. The summed E-state index contributed by atoms with van der Waals surface area (Å²) in [6.45, 7) is 10.1. The Labute approximate surface area is 70.4 Å². The molecule has 1 unspecified atom stereocenters. The van der Waals surface area contributed by atoms with E-state index >= 15 is 0 Å². The maximum Gasteiger partial charge on any atom is -0.00151 e. The molecule has 1 atom stereocenters. The van der Waals surface area contributed by atoms with Gasteiger partial charge in [0.2, 0.25) is 0 Å². The normalized spacial score (nSPS) is 34.4. The lowest BCUT2D eigenvalue weighted by Gasteiger charge is -2.20. The zero-order valence-electron chi connectivity index (χ0n) is 8.28. The van der Waals surface area contributed by atoms with E-state index in [1.54, 1.807) is 0 Å². The predicted molar refractivity (Wildman–Crippen MR) is 49.3 cm³/mol. The molecule has 1 nitrogen and oxygen atoms in total. The molecule has 66 valence electrons. The Morgan fingerprint density at radius 3 is 1.91 bits per heavy atom. The van der Waals surface area contributed by atoms with Crippen molar-refractivity contribution >= 4 is 0 Å². The second-order valence-corrected chi connectivity index (χ2v) is 5.14. The van der Waals surface area contributed by atoms with Crippen molar-refractivity contribution in [1.29, 1.82) is 0 Å². The molecule has 0 saturated heterocycles. The molecule has 11 heavy (non-hydrogen) atoms. The molecule has 0 bridgehead atoms. The maximum atomic E-state index is 5.79. The van der Waals surface area contributed by atoms with Crippen LogP contribution in [0.5, 0.6) is 0 Å². The molecule has 0 spiro atoms. The van der Waals surface area contributed by atoms with Crippen LogP contribution < -0.4 is 5.73 Å². The van der Waals surface area contributed by atoms with E-state index in [1.165, 1.54) is 12.8 Å². The van der Waals surface area contributed by atoms with Gasteiger partial charge in [0.15, 0.2) is 0 Å². The van der Waals surface area contributed by atoms with Crippen molar-refractivity contribution in [3.05, 3.63) is 0 Å². The Morgan fingerprint density at radius 2 is 1.82 bits per heavy atom. The molecule has 0 amide bonds. The molecule has 0 aromatic rings. The zero-order chi connectivity index (χ0) is 8.70. The van der Waals surface area contributed by atoms with Gasteiger partial charge in [0.25, 0.3) is 0 Å². The molecule has 1 aliphatic rings. The molecule has 0 aromatic carbocycles. The van der Waals surface area contributed by atoms with E-state index in [-0.39, 0.29) is 0 Å². The average Bonchev–Trinajstić information content (AvgIpc) is 2.33. The van der Waals surface area contributed by atoms with Crippen LogP contribution in [0.4, 0.5) is 0 Å². The SMILES string of the molecule is CC(C)CC1(CN)CC1(C)C. The van der Waals surface area contributed by atoms with Crippen molar-refractivity contribution in [3.63, 3.8) is 0 Å². The van der Waals surface area contributed by atoms with Crippen LogP contribution in [-0.4, -0.2) is 6.54 Å². The average molecular weight is 155 g/mol.